The maximum Gasteiger partial charge on any atom is 0.171 e. The van der Waals surface area contributed by atoms with E-state index in [-0.39, 0.29) is 6.61 Å². The van der Waals surface area contributed by atoms with Crippen LogP contribution in [0.4, 0.5) is 0 Å². The normalized spacial score (nSPS) is 35.2. The van der Waals surface area contributed by atoms with Crippen molar-refractivity contribution in [3.05, 3.63) is 0 Å². The molecule has 0 radical (unpaired) electrons. The molecule has 1 rings (SSSR count). The topological polar surface area (TPSA) is 82.0 Å². The van der Waals surface area contributed by atoms with Crippen molar-refractivity contribution in [1.29, 1.82) is 0 Å². The Bertz CT molecular complexity index is 202. The molecule has 0 saturated carbocycles. The van der Waals surface area contributed by atoms with Crippen molar-refractivity contribution in [1.82, 2.24) is 5.32 Å². The van der Waals surface area contributed by atoms with Crippen LogP contribution in [0.15, 0.2) is 0 Å². The molecule has 0 aliphatic carbocycles. The van der Waals surface area contributed by atoms with E-state index in [0.29, 0.717) is 19.6 Å². The average Bonchev–Trinajstić information content (AvgIpc) is 2.28. The maximum absolute atomic E-state index is 10.3. The van der Waals surface area contributed by atoms with Gasteiger partial charge in [0.25, 0.3) is 0 Å². The summed E-state index contributed by atoms with van der Waals surface area (Å²) in [6.45, 7) is 2.78. The van der Waals surface area contributed by atoms with Gasteiger partial charge in [-0.15, -0.1) is 0 Å². The van der Waals surface area contributed by atoms with Crippen molar-refractivity contribution in [3.63, 3.8) is 0 Å². The monoisotopic (exact) mass is 233 g/mol. The molecule has 96 valence electrons. The molecule has 0 aromatic heterocycles. The molecule has 5 nitrogen and oxygen atoms in total. The number of rotatable bonds is 6. The molecule has 0 aromatic rings. The number of aliphatic hydroxyl groups is 3. The standard InChI is InChI=1S/C11H23NO4/c1-2-3-4-6-12-11(15)9(14)5-7-16-10(11)8-13/h9-10,12-15H,2-8H2,1H3/t9-,10-,11+/m1/s1. The Hall–Kier alpha value is -0.200. The van der Waals surface area contributed by atoms with Crippen molar-refractivity contribution in [2.75, 3.05) is 19.8 Å². The Morgan fingerprint density at radius 3 is 2.81 bits per heavy atom. The molecule has 16 heavy (non-hydrogen) atoms. The summed E-state index contributed by atoms with van der Waals surface area (Å²) >= 11 is 0. The number of hydrogen-bond acceptors (Lipinski definition) is 5. The van der Waals surface area contributed by atoms with Gasteiger partial charge >= 0.3 is 0 Å². The minimum absolute atomic E-state index is 0.297. The summed E-state index contributed by atoms with van der Waals surface area (Å²) in [5.74, 6) is 0. The summed E-state index contributed by atoms with van der Waals surface area (Å²) in [5.41, 5.74) is -1.51. The summed E-state index contributed by atoms with van der Waals surface area (Å²) < 4.78 is 5.25. The van der Waals surface area contributed by atoms with Crippen LogP contribution in [-0.4, -0.2) is 53.0 Å². The lowest BCUT2D eigenvalue weighted by molar-refractivity contribution is -0.227. The summed E-state index contributed by atoms with van der Waals surface area (Å²) in [5, 5.41) is 32.1. The molecule has 0 bridgehead atoms. The molecule has 5 heteroatoms. The summed E-state index contributed by atoms with van der Waals surface area (Å²) in [6, 6.07) is 0. The van der Waals surface area contributed by atoms with Crippen molar-refractivity contribution in [3.8, 4) is 0 Å². The quantitative estimate of drug-likeness (QED) is 0.370. The second kappa shape index (κ2) is 6.51. The molecule has 0 unspecified atom stereocenters. The lowest BCUT2D eigenvalue weighted by atomic mass is 9.94. The smallest absolute Gasteiger partial charge is 0.171 e. The van der Waals surface area contributed by atoms with Gasteiger partial charge in [0.2, 0.25) is 0 Å². The third kappa shape index (κ3) is 3.15. The molecular weight excluding hydrogens is 210 g/mol. The number of ether oxygens (including phenoxy) is 1. The zero-order valence-corrected chi connectivity index (χ0v) is 9.85. The van der Waals surface area contributed by atoms with Crippen LogP contribution in [0.3, 0.4) is 0 Å². The highest BCUT2D eigenvalue weighted by Gasteiger charge is 2.46. The van der Waals surface area contributed by atoms with E-state index in [9.17, 15) is 10.2 Å². The maximum atomic E-state index is 10.3. The third-order valence-electron chi connectivity index (χ3n) is 3.06. The van der Waals surface area contributed by atoms with E-state index in [4.69, 9.17) is 9.84 Å². The first kappa shape index (κ1) is 13.9. The second-order valence-electron chi connectivity index (χ2n) is 4.31. The fourth-order valence-electron chi connectivity index (χ4n) is 1.97. The Morgan fingerprint density at radius 1 is 1.44 bits per heavy atom. The molecule has 4 N–H and O–H groups in total. The van der Waals surface area contributed by atoms with Gasteiger partial charge in [-0.1, -0.05) is 19.8 Å². The first-order valence-corrected chi connectivity index (χ1v) is 6.03. The van der Waals surface area contributed by atoms with E-state index < -0.39 is 17.9 Å². The van der Waals surface area contributed by atoms with E-state index in [0.717, 1.165) is 19.3 Å². The van der Waals surface area contributed by atoms with E-state index >= 15 is 0 Å². The molecule has 0 aromatic carbocycles. The van der Waals surface area contributed by atoms with Crippen LogP contribution in [-0.2, 0) is 4.74 Å². The Labute approximate surface area is 96.4 Å². The van der Waals surface area contributed by atoms with E-state index in [2.05, 4.69) is 12.2 Å². The van der Waals surface area contributed by atoms with Crippen LogP contribution in [0.25, 0.3) is 0 Å². The summed E-state index contributed by atoms with van der Waals surface area (Å²) in [6.07, 6.45) is 1.85. The fourth-order valence-corrected chi connectivity index (χ4v) is 1.97. The largest absolute Gasteiger partial charge is 0.393 e. The lowest BCUT2D eigenvalue weighted by Gasteiger charge is -2.43. The molecule has 1 fully saturated rings. The first-order chi connectivity index (χ1) is 7.65. The highest BCUT2D eigenvalue weighted by atomic mass is 16.5. The van der Waals surface area contributed by atoms with Crippen LogP contribution < -0.4 is 5.32 Å². The molecule has 1 saturated heterocycles. The van der Waals surface area contributed by atoms with Gasteiger partial charge in [0.1, 0.15) is 12.2 Å². The van der Waals surface area contributed by atoms with Gasteiger partial charge in [0.05, 0.1) is 6.61 Å². The molecule has 1 aliphatic heterocycles. The lowest BCUT2D eigenvalue weighted by Crippen LogP contribution is -2.66. The second-order valence-corrected chi connectivity index (χ2v) is 4.31. The Morgan fingerprint density at radius 2 is 2.19 bits per heavy atom. The Kier molecular flexibility index (Phi) is 5.64. The molecule has 0 amide bonds. The zero-order chi connectivity index (χ0) is 12.0. The van der Waals surface area contributed by atoms with Crippen LogP contribution in [0.1, 0.15) is 32.6 Å². The van der Waals surface area contributed by atoms with Crippen molar-refractivity contribution in [2.24, 2.45) is 0 Å². The predicted molar refractivity (Wildman–Crippen MR) is 59.9 cm³/mol. The highest BCUT2D eigenvalue weighted by Crippen LogP contribution is 2.23. The van der Waals surface area contributed by atoms with Gasteiger partial charge < -0.3 is 20.1 Å². The first-order valence-electron chi connectivity index (χ1n) is 6.03. The third-order valence-corrected chi connectivity index (χ3v) is 3.06. The van der Waals surface area contributed by atoms with Crippen molar-refractivity contribution in [2.45, 2.75) is 50.5 Å². The van der Waals surface area contributed by atoms with Crippen LogP contribution in [0.2, 0.25) is 0 Å². The van der Waals surface area contributed by atoms with E-state index in [1.165, 1.54) is 0 Å². The fraction of sp³-hybridized carbons (Fsp3) is 1.00. The number of unbranched alkanes of at least 4 members (excludes halogenated alkanes) is 2. The van der Waals surface area contributed by atoms with Gasteiger partial charge in [-0.3, -0.25) is 5.32 Å². The van der Waals surface area contributed by atoms with Gasteiger partial charge in [-0.25, -0.2) is 0 Å². The highest BCUT2D eigenvalue weighted by molar-refractivity contribution is 4.94. The minimum Gasteiger partial charge on any atom is -0.393 e. The molecule has 1 heterocycles. The summed E-state index contributed by atoms with van der Waals surface area (Å²) in [7, 11) is 0. The van der Waals surface area contributed by atoms with E-state index in [1.54, 1.807) is 0 Å². The van der Waals surface area contributed by atoms with E-state index in [1.807, 2.05) is 0 Å². The van der Waals surface area contributed by atoms with Crippen LogP contribution in [0, 0.1) is 0 Å². The molecule has 1 aliphatic rings. The van der Waals surface area contributed by atoms with Gasteiger partial charge in [0, 0.05) is 13.0 Å². The zero-order valence-electron chi connectivity index (χ0n) is 9.85. The van der Waals surface area contributed by atoms with Gasteiger partial charge in [-0.2, -0.15) is 0 Å². The number of aliphatic hydroxyl groups excluding tert-OH is 2. The molecule has 0 spiro atoms. The SMILES string of the molecule is CCCCCN[C@]1(O)[C@H](O)CCO[C@@H]1CO. The molecule has 3 atom stereocenters. The Balaban J connectivity index is 2.47. The molecular formula is C11H23NO4. The van der Waals surface area contributed by atoms with Gasteiger partial charge in [0.15, 0.2) is 5.72 Å². The number of hydrogen-bond donors (Lipinski definition) is 4. The van der Waals surface area contributed by atoms with Crippen LogP contribution >= 0.6 is 0 Å². The van der Waals surface area contributed by atoms with Crippen molar-refractivity contribution < 1.29 is 20.1 Å². The van der Waals surface area contributed by atoms with Crippen LogP contribution in [0.5, 0.6) is 0 Å². The number of nitrogens with one attached hydrogen (secondary N) is 1. The average molecular weight is 233 g/mol. The summed E-state index contributed by atoms with van der Waals surface area (Å²) in [4.78, 5) is 0. The minimum atomic E-state index is -1.51. The predicted octanol–water partition coefficient (Wildman–Crippen LogP) is -0.403. The van der Waals surface area contributed by atoms with Gasteiger partial charge in [-0.05, 0) is 13.0 Å². The van der Waals surface area contributed by atoms with Crippen molar-refractivity contribution >= 4 is 0 Å².